The number of nitrogens with zero attached hydrogens (tertiary/aromatic N) is 1. The zero-order valence-corrected chi connectivity index (χ0v) is 16.0. The summed E-state index contributed by atoms with van der Waals surface area (Å²) in [5, 5.41) is 0. The van der Waals surface area contributed by atoms with Gasteiger partial charge in [0.1, 0.15) is 0 Å². The highest BCUT2D eigenvalue weighted by Crippen LogP contribution is 2.39. The first kappa shape index (κ1) is 21.1. The fourth-order valence-electron chi connectivity index (χ4n) is 2.28. The maximum absolute atomic E-state index is 12.8. The van der Waals surface area contributed by atoms with Crippen LogP contribution in [0.15, 0.2) is 12.1 Å². The van der Waals surface area contributed by atoms with Gasteiger partial charge in [-0.1, -0.05) is 0 Å². The standard InChI is InChI=1S/C18H29NO6/c1-7-23-14-10-13(11-15(24-8-2)17(14)25-9-3)18(20)19(4)12-16(21-5)22-6/h10-11,16H,7-9,12H2,1-6H3. The quantitative estimate of drug-likeness (QED) is 0.569. The molecule has 7 heteroatoms. The van der Waals surface area contributed by atoms with Crippen LogP contribution in [0.4, 0.5) is 0 Å². The van der Waals surface area contributed by atoms with Crippen LogP contribution in [0.3, 0.4) is 0 Å². The van der Waals surface area contributed by atoms with Gasteiger partial charge in [0, 0.05) is 26.8 Å². The van der Waals surface area contributed by atoms with Gasteiger partial charge >= 0.3 is 0 Å². The molecule has 0 radical (unpaired) electrons. The minimum absolute atomic E-state index is 0.191. The van der Waals surface area contributed by atoms with Crippen molar-refractivity contribution in [3.63, 3.8) is 0 Å². The second kappa shape index (κ2) is 10.8. The minimum atomic E-state index is -0.491. The first-order valence-electron chi connectivity index (χ1n) is 8.39. The van der Waals surface area contributed by atoms with Gasteiger partial charge in [0.2, 0.25) is 5.75 Å². The molecule has 0 heterocycles. The van der Waals surface area contributed by atoms with E-state index in [4.69, 9.17) is 23.7 Å². The molecule has 0 aromatic heterocycles. The maximum Gasteiger partial charge on any atom is 0.254 e. The van der Waals surface area contributed by atoms with Gasteiger partial charge < -0.3 is 28.6 Å². The van der Waals surface area contributed by atoms with E-state index in [1.165, 1.54) is 19.1 Å². The number of amides is 1. The monoisotopic (exact) mass is 355 g/mol. The number of hydrogen-bond donors (Lipinski definition) is 0. The van der Waals surface area contributed by atoms with Crippen molar-refractivity contribution in [2.24, 2.45) is 0 Å². The normalized spacial score (nSPS) is 10.7. The van der Waals surface area contributed by atoms with E-state index in [9.17, 15) is 4.79 Å². The van der Waals surface area contributed by atoms with Crippen LogP contribution in [0.25, 0.3) is 0 Å². The summed E-state index contributed by atoms with van der Waals surface area (Å²) in [6.45, 7) is 7.30. The van der Waals surface area contributed by atoms with Crippen LogP contribution >= 0.6 is 0 Å². The van der Waals surface area contributed by atoms with Gasteiger partial charge in [-0.3, -0.25) is 4.79 Å². The largest absolute Gasteiger partial charge is 0.490 e. The van der Waals surface area contributed by atoms with Gasteiger partial charge in [-0.05, 0) is 32.9 Å². The highest BCUT2D eigenvalue weighted by molar-refractivity contribution is 5.95. The topological polar surface area (TPSA) is 66.5 Å². The second-order valence-corrected chi connectivity index (χ2v) is 5.19. The molecule has 0 spiro atoms. The van der Waals surface area contributed by atoms with Crippen molar-refractivity contribution < 1.29 is 28.5 Å². The molecule has 0 saturated carbocycles. The van der Waals surface area contributed by atoms with Crippen LogP contribution in [0.1, 0.15) is 31.1 Å². The Balaban J connectivity index is 3.18. The third-order valence-electron chi connectivity index (χ3n) is 3.45. The lowest BCUT2D eigenvalue weighted by atomic mass is 10.1. The molecule has 0 N–H and O–H groups in total. The Morgan fingerprint density at radius 1 is 0.960 bits per heavy atom. The van der Waals surface area contributed by atoms with Gasteiger partial charge in [0.25, 0.3) is 5.91 Å². The molecule has 7 nitrogen and oxygen atoms in total. The molecule has 1 amide bonds. The highest BCUT2D eigenvalue weighted by atomic mass is 16.7. The average molecular weight is 355 g/mol. The summed E-state index contributed by atoms with van der Waals surface area (Å²) in [5.74, 6) is 1.30. The zero-order chi connectivity index (χ0) is 18.8. The molecule has 0 atom stereocenters. The van der Waals surface area contributed by atoms with Gasteiger partial charge in [0.15, 0.2) is 17.8 Å². The molecule has 25 heavy (non-hydrogen) atoms. The average Bonchev–Trinajstić information content (AvgIpc) is 2.61. The van der Waals surface area contributed by atoms with E-state index in [0.717, 1.165) is 0 Å². The van der Waals surface area contributed by atoms with Gasteiger partial charge in [-0.25, -0.2) is 0 Å². The summed E-state index contributed by atoms with van der Waals surface area (Å²) in [4.78, 5) is 14.3. The van der Waals surface area contributed by atoms with Gasteiger partial charge in [-0.15, -0.1) is 0 Å². The van der Waals surface area contributed by atoms with Crippen molar-refractivity contribution in [3.8, 4) is 17.2 Å². The molecule has 0 aliphatic carbocycles. The summed E-state index contributed by atoms with van der Waals surface area (Å²) in [5.41, 5.74) is 0.448. The van der Waals surface area contributed by atoms with Crippen LogP contribution in [-0.2, 0) is 9.47 Å². The lowest BCUT2D eigenvalue weighted by Gasteiger charge is -2.23. The third kappa shape index (κ3) is 5.79. The number of carbonyl (C=O) groups excluding carboxylic acids is 1. The Bertz CT molecular complexity index is 517. The fourth-order valence-corrected chi connectivity index (χ4v) is 2.28. The minimum Gasteiger partial charge on any atom is -0.490 e. The molecule has 0 bridgehead atoms. The van der Waals surface area contributed by atoms with Crippen LogP contribution in [0.2, 0.25) is 0 Å². The molecule has 1 aromatic rings. The highest BCUT2D eigenvalue weighted by Gasteiger charge is 2.22. The van der Waals surface area contributed by atoms with Gasteiger partial charge in [0.05, 0.1) is 26.4 Å². The van der Waals surface area contributed by atoms with E-state index in [0.29, 0.717) is 49.2 Å². The van der Waals surface area contributed by atoms with Crippen LogP contribution < -0.4 is 14.2 Å². The molecule has 0 aliphatic heterocycles. The molecule has 0 unspecified atom stereocenters. The molecule has 0 fully saturated rings. The third-order valence-corrected chi connectivity index (χ3v) is 3.45. The Morgan fingerprint density at radius 3 is 1.84 bits per heavy atom. The SMILES string of the molecule is CCOc1cc(C(=O)N(C)CC(OC)OC)cc(OCC)c1OCC. The predicted octanol–water partition coefficient (Wildman–Crippen LogP) is 2.57. The summed E-state index contributed by atoms with van der Waals surface area (Å²) in [6, 6.07) is 3.34. The number of rotatable bonds is 11. The molecule has 1 rings (SSSR count). The molecule has 0 aliphatic rings. The lowest BCUT2D eigenvalue weighted by molar-refractivity contribution is -0.110. The Labute approximate surface area is 149 Å². The van der Waals surface area contributed by atoms with Gasteiger partial charge in [-0.2, -0.15) is 0 Å². The molecule has 1 aromatic carbocycles. The van der Waals surface area contributed by atoms with E-state index in [2.05, 4.69) is 0 Å². The number of hydrogen-bond acceptors (Lipinski definition) is 6. The summed E-state index contributed by atoms with van der Waals surface area (Å²) < 4.78 is 27.2. The van der Waals surface area contributed by atoms with Crippen molar-refractivity contribution in [1.29, 1.82) is 0 Å². The number of methoxy groups -OCH3 is 2. The lowest BCUT2D eigenvalue weighted by Crippen LogP contribution is -2.36. The number of carbonyl (C=O) groups is 1. The first-order chi connectivity index (χ1) is 12.0. The van der Waals surface area contributed by atoms with Crippen LogP contribution in [0.5, 0.6) is 17.2 Å². The smallest absolute Gasteiger partial charge is 0.254 e. The molecule has 0 saturated heterocycles. The van der Waals surface area contributed by atoms with Crippen LogP contribution in [0, 0.1) is 0 Å². The van der Waals surface area contributed by atoms with Crippen molar-refractivity contribution in [2.45, 2.75) is 27.1 Å². The molecule has 142 valence electrons. The Hall–Kier alpha value is -1.99. The first-order valence-corrected chi connectivity index (χ1v) is 8.39. The Morgan fingerprint density at radius 2 is 1.44 bits per heavy atom. The van der Waals surface area contributed by atoms with E-state index in [-0.39, 0.29) is 5.91 Å². The van der Waals surface area contributed by atoms with E-state index in [1.807, 2.05) is 20.8 Å². The second-order valence-electron chi connectivity index (χ2n) is 5.19. The zero-order valence-electron chi connectivity index (χ0n) is 16.0. The number of ether oxygens (including phenoxy) is 5. The molecular weight excluding hydrogens is 326 g/mol. The predicted molar refractivity (Wildman–Crippen MR) is 94.7 cm³/mol. The maximum atomic E-state index is 12.8. The van der Waals surface area contributed by atoms with Crippen molar-refractivity contribution in [2.75, 3.05) is 47.6 Å². The number of likely N-dealkylation sites (N-methyl/N-ethyl adjacent to an activating group) is 1. The summed E-state index contributed by atoms with van der Waals surface area (Å²) in [6.07, 6.45) is -0.491. The van der Waals surface area contributed by atoms with E-state index in [1.54, 1.807) is 19.2 Å². The summed E-state index contributed by atoms with van der Waals surface area (Å²) in [7, 11) is 4.75. The summed E-state index contributed by atoms with van der Waals surface area (Å²) >= 11 is 0. The van der Waals surface area contributed by atoms with E-state index >= 15 is 0 Å². The van der Waals surface area contributed by atoms with Crippen LogP contribution in [-0.4, -0.2) is 64.7 Å². The Kier molecular flexibility index (Phi) is 9.08. The van der Waals surface area contributed by atoms with Crippen molar-refractivity contribution in [1.82, 2.24) is 4.90 Å². The number of benzene rings is 1. The van der Waals surface area contributed by atoms with Crippen molar-refractivity contribution >= 4 is 5.91 Å². The van der Waals surface area contributed by atoms with E-state index < -0.39 is 6.29 Å². The fraction of sp³-hybridized carbons (Fsp3) is 0.611. The van der Waals surface area contributed by atoms with Crippen molar-refractivity contribution in [3.05, 3.63) is 17.7 Å². The molecular formula is C18H29NO6.